The first kappa shape index (κ1) is 14.2. The van der Waals surface area contributed by atoms with E-state index < -0.39 is 0 Å². The van der Waals surface area contributed by atoms with Crippen LogP contribution in [0.4, 0.5) is 10.1 Å². The number of hydrogen-bond donors (Lipinski definition) is 1. The highest BCUT2D eigenvalue weighted by molar-refractivity contribution is 9.10. The van der Waals surface area contributed by atoms with Crippen LogP contribution in [0.1, 0.15) is 5.56 Å². The molecule has 2 aromatic rings. The van der Waals surface area contributed by atoms with E-state index in [4.69, 9.17) is 10.5 Å². The lowest BCUT2D eigenvalue weighted by molar-refractivity contribution is 0.412. The van der Waals surface area contributed by atoms with Crippen LogP contribution >= 0.6 is 27.7 Å². The Morgan fingerprint density at radius 3 is 2.68 bits per heavy atom. The van der Waals surface area contributed by atoms with Gasteiger partial charge < -0.3 is 10.5 Å². The van der Waals surface area contributed by atoms with Crippen molar-refractivity contribution in [1.82, 2.24) is 0 Å². The molecule has 2 rings (SSSR count). The number of thioether (sulfide) groups is 1. The molecule has 2 N–H and O–H groups in total. The first-order chi connectivity index (χ1) is 9.08. The molecule has 0 spiro atoms. The number of halogens is 2. The average molecular weight is 342 g/mol. The number of hydrogen-bond acceptors (Lipinski definition) is 3. The molecule has 0 heterocycles. The second-order valence-electron chi connectivity index (χ2n) is 3.98. The maximum atomic E-state index is 13.2. The van der Waals surface area contributed by atoms with Crippen molar-refractivity contribution in [3.63, 3.8) is 0 Å². The minimum atomic E-state index is -0.307. The fourth-order valence-corrected chi connectivity index (χ4v) is 3.15. The van der Waals surface area contributed by atoms with Gasteiger partial charge in [-0.25, -0.2) is 4.39 Å². The van der Waals surface area contributed by atoms with Crippen LogP contribution in [0, 0.1) is 5.82 Å². The molecule has 0 aliphatic carbocycles. The van der Waals surface area contributed by atoms with Gasteiger partial charge in [0.1, 0.15) is 11.6 Å². The molecule has 5 heteroatoms. The van der Waals surface area contributed by atoms with Crippen LogP contribution in [0.2, 0.25) is 0 Å². The second-order valence-corrected chi connectivity index (χ2v) is 5.88. The summed E-state index contributed by atoms with van der Waals surface area (Å²) in [5, 5.41) is 0. The van der Waals surface area contributed by atoms with Gasteiger partial charge in [-0.2, -0.15) is 0 Å². The van der Waals surface area contributed by atoms with Crippen molar-refractivity contribution < 1.29 is 9.13 Å². The molecule has 0 aromatic heterocycles. The molecule has 0 unspecified atom stereocenters. The second kappa shape index (κ2) is 6.30. The summed E-state index contributed by atoms with van der Waals surface area (Å²) >= 11 is 4.98. The lowest BCUT2D eigenvalue weighted by Crippen LogP contribution is -1.89. The summed E-state index contributed by atoms with van der Waals surface area (Å²) in [6.07, 6.45) is 0. The normalized spacial score (nSPS) is 10.5. The van der Waals surface area contributed by atoms with E-state index in [1.807, 2.05) is 18.2 Å². The molecule has 0 bridgehead atoms. The van der Waals surface area contributed by atoms with Crippen LogP contribution in [-0.4, -0.2) is 7.11 Å². The summed E-state index contributed by atoms with van der Waals surface area (Å²) in [6, 6.07) is 10.5. The molecular weight excluding hydrogens is 329 g/mol. The minimum absolute atomic E-state index is 0.307. The number of methoxy groups -OCH3 is 1. The molecule has 0 fully saturated rings. The first-order valence-corrected chi connectivity index (χ1v) is 7.37. The maximum absolute atomic E-state index is 13.2. The van der Waals surface area contributed by atoms with Crippen LogP contribution in [0.5, 0.6) is 5.75 Å². The fourth-order valence-electron chi connectivity index (χ4n) is 1.63. The molecule has 0 saturated carbocycles. The lowest BCUT2D eigenvalue weighted by Gasteiger charge is -2.07. The van der Waals surface area contributed by atoms with Crippen molar-refractivity contribution in [2.75, 3.05) is 12.8 Å². The van der Waals surface area contributed by atoms with Crippen molar-refractivity contribution in [1.29, 1.82) is 0 Å². The Morgan fingerprint density at radius 1 is 1.26 bits per heavy atom. The molecule has 0 aliphatic rings. The van der Waals surface area contributed by atoms with Crippen molar-refractivity contribution >= 4 is 33.4 Å². The summed E-state index contributed by atoms with van der Waals surface area (Å²) in [6.45, 7) is 0. The van der Waals surface area contributed by atoms with E-state index in [1.165, 1.54) is 12.1 Å². The van der Waals surface area contributed by atoms with E-state index in [9.17, 15) is 4.39 Å². The van der Waals surface area contributed by atoms with E-state index in [2.05, 4.69) is 15.9 Å². The monoisotopic (exact) mass is 341 g/mol. The molecule has 100 valence electrons. The molecule has 0 aliphatic heterocycles. The molecular formula is C14H13BrFNOS. The van der Waals surface area contributed by atoms with Gasteiger partial charge in [0.25, 0.3) is 0 Å². The molecule has 2 nitrogen and oxygen atoms in total. The van der Waals surface area contributed by atoms with Gasteiger partial charge in [0.15, 0.2) is 0 Å². The summed E-state index contributed by atoms with van der Waals surface area (Å²) in [5.41, 5.74) is 7.18. The third-order valence-electron chi connectivity index (χ3n) is 2.52. The Kier molecular flexibility index (Phi) is 4.71. The standard InChI is InChI=1S/C14H13BrFNOS/c1-18-14-3-2-9(4-13(14)15)8-19-12-6-10(16)5-11(17)7-12/h2-7H,8,17H2,1H3. The van der Waals surface area contributed by atoms with E-state index in [1.54, 1.807) is 24.9 Å². The van der Waals surface area contributed by atoms with Crippen molar-refractivity contribution in [2.45, 2.75) is 10.6 Å². The molecule has 0 saturated heterocycles. The van der Waals surface area contributed by atoms with Crippen molar-refractivity contribution in [3.8, 4) is 5.75 Å². The minimum Gasteiger partial charge on any atom is -0.496 e. The SMILES string of the molecule is COc1ccc(CSc2cc(N)cc(F)c2)cc1Br. The highest BCUT2D eigenvalue weighted by atomic mass is 79.9. The Hall–Kier alpha value is -1.20. The quantitative estimate of drug-likeness (QED) is 0.658. The zero-order valence-electron chi connectivity index (χ0n) is 10.3. The highest BCUT2D eigenvalue weighted by Crippen LogP contribution is 2.30. The van der Waals surface area contributed by atoms with Crippen LogP contribution in [0.25, 0.3) is 0 Å². The third kappa shape index (κ3) is 3.88. The topological polar surface area (TPSA) is 35.2 Å². The fraction of sp³-hybridized carbons (Fsp3) is 0.143. The van der Waals surface area contributed by atoms with Crippen molar-refractivity contribution in [2.24, 2.45) is 0 Å². The maximum Gasteiger partial charge on any atom is 0.133 e. The summed E-state index contributed by atoms with van der Waals surface area (Å²) < 4.78 is 19.3. The van der Waals surface area contributed by atoms with E-state index in [0.717, 1.165) is 26.4 Å². The summed E-state index contributed by atoms with van der Waals surface area (Å²) in [5.74, 6) is 1.23. The number of benzene rings is 2. The molecule has 0 amide bonds. The predicted octanol–water partition coefficient (Wildman–Crippen LogP) is 4.47. The van der Waals surface area contributed by atoms with Gasteiger partial charge in [-0.1, -0.05) is 6.07 Å². The molecule has 0 radical (unpaired) electrons. The molecule has 0 atom stereocenters. The van der Waals surface area contributed by atoms with Gasteiger partial charge in [0.2, 0.25) is 0 Å². The number of anilines is 1. The van der Waals surface area contributed by atoms with Gasteiger partial charge in [0.05, 0.1) is 11.6 Å². The van der Waals surface area contributed by atoms with Crippen molar-refractivity contribution in [3.05, 3.63) is 52.3 Å². The van der Waals surface area contributed by atoms with Gasteiger partial charge in [0, 0.05) is 16.3 Å². The van der Waals surface area contributed by atoms with Gasteiger partial charge >= 0.3 is 0 Å². The van der Waals surface area contributed by atoms with E-state index in [0.29, 0.717) is 5.69 Å². The van der Waals surface area contributed by atoms with Crippen LogP contribution < -0.4 is 10.5 Å². The van der Waals surface area contributed by atoms with Crippen LogP contribution in [0.3, 0.4) is 0 Å². The van der Waals surface area contributed by atoms with Gasteiger partial charge in [-0.05, 0) is 51.8 Å². The Labute approximate surface area is 124 Å². The zero-order valence-corrected chi connectivity index (χ0v) is 12.7. The number of nitrogen functional groups attached to an aromatic ring is 1. The Morgan fingerprint density at radius 2 is 2.05 bits per heavy atom. The molecule has 19 heavy (non-hydrogen) atoms. The third-order valence-corrected chi connectivity index (χ3v) is 4.18. The summed E-state index contributed by atoms with van der Waals surface area (Å²) in [4.78, 5) is 0.824. The number of ether oxygens (including phenoxy) is 1. The van der Waals surface area contributed by atoms with Crippen LogP contribution in [-0.2, 0) is 5.75 Å². The molecule has 2 aromatic carbocycles. The Balaban J connectivity index is 2.08. The first-order valence-electron chi connectivity index (χ1n) is 5.60. The van der Waals surface area contributed by atoms with Gasteiger partial charge in [-0.15, -0.1) is 11.8 Å². The van der Waals surface area contributed by atoms with Crippen LogP contribution in [0.15, 0.2) is 45.8 Å². The zero-order chi connectivity index (χ0) is 13.8. The van der Waals surface area contributed by atoms with E-state index >= 15 is 0 Å². The van der Waals surface area contributed by atoms with Gasteiger partial charge in [-0.3, -0.25) is 0 Å². The smallest absolute Gasteiger partial charge is 0.133 e. The number of nitrogens with two attached hydrogens (primary N) is 1. The Bertz CT molecular complexity index is 571. The summed E-state index contributed by atoms with van der Waals surface area (Å²) in [7, 11) is 1.63. The lowest BCUT2D eigenvalue weighted by atomic mass is 10.2. The predicted molar refractivity (Wildman–Crippen MR) is 81.1 cm³/mol. The van der Waals surface area contributed by atoms with E-state index in [-0.39, 0.29) is 5.82 Å². The number of rotatable bonds is 4. The highest BCUT2D eigenvalue weighted by Gasteiger charge is 2.04. The average Bonchev–Trinajstić information content (AvgIpc) is 2.35. The largest absolute Gasteiger partial charge is 0.496 e.